The first-order chi connectivity index (χ1) is 7.86. The molecule has 18 heavy (non-hydrogen) atoms. The molecule has 7 heteroatoms. The summed E-state index contributed by atoms with van der Waals surface area (Å²) in [5.74, 6) is 0. The smallest absolute Gasteiger partial charge is 0.238 e. The van der Waals surface area contributed by atoms with E-state index < -0.39 is 10.0 Å². The molecular formula is C11H14ClN3O2S. The molecule has 0 bridgehead atoms. The van der Waals surface area contributed by atoms with Crippen LogP contribution >= 0.6 is 0 Å². The van der Waals surface area contributed by atoms with Crippen molar-refractivity contribution in [1.82, 2.24) is 0 Å². The molecule has 4 N–H and O–H groups in total. The van der Waals surface area contributed by atoms with Crippen LogP contribution in [-0.4, -0.2) is 14.1 Å². The number of rotatable bonds is 1. The van der Waals surface area contributed by atoms with Crippen molar-refractivity contribution >= 4 is 27.1 Å². The average molecular weight is 288 g/mol. The van der Waals surface area contributed by atoms with Crippen LogP contribution in [0.3, 0.4) is 0 Å². The molecule has 0 aromatic heterocycles. The number of hydrogen-bond acceptors (Lipinski definition) is 3. The lowest BCUT2D eigenvalue weighted by Crippen LogP contribution is -3.00. The van der Waals surface area contributed by atoms with Gasteiger partial charge in [-0.1, -0.05) is 0 Å². The molecule has 1 aliphatic rings. The number of sulfonamides is 1. The summed E-state index contributed by atoms with van der Waals surface area (Å²) < 4.78 is 22.5. The number of anilines is 1. The minimum atomic E-state index is -3.67. The van der Waals surface area contributed by atoms with Gasteiger partial charge in [-0.05, 0) is 19.1 Å². The predicted octanol–water partition coefficient (Wildman–Crippen LogP) is -3.16. The first-order valence-electron chi connectivity index (χ1n) is 5.09. The zero-order valence-corrected chi connectivity index (χ0v) is 11.6. The van der Waals surface area contributed by atoms with Gasteiger partial charge in [0.05, 0.1) is 4.90 Å². The molecule has 0 aliphatic carbocycles. The molecule has 1 heterocycles. The number of nitrogens with two attached hydrogens (primary N) is 1. The lowest BCUT2D eigenvalue weighted by molar-refractivity contribution is -0.351. The molecule has 1 aliphatic heterocycles. The van der Waals surface area contributed by atoms with Gasteiger partial charge >= 0.3 is 0 Å². The van der Waals surface area contributed by atoms with E-state index in [1.165, 1.54) is 12.1 Å². The summed E-state index contributed by atoms with van der Waals surface area (Å²) in [5.41, 5.74) is 3.43. The number of hydrogen-bond donors (Lipinski definition) is 3. The van der Waals surface area contributed by atoms with Gasteiger partial charge in [0.25, 0.3) is 0 Å². The van der Waals surface area contributed by atoms with Crippen LogP contribution in [0.4, 0.5) is 11.4 Å². The highest BCUT2D eigenvalue weighted by molar-refractivity contribution is 7.89. The molecule has 1 aromatic rings. The van der Waals surface area contributed by atoms with Gasteiger partial charge in [0, 0.05) is 24.8 Å². The fraction of sp³-hybridized carbons (Fsp3) is 0.182. The second-order valence-electron chi connectivity index (χ2n) is 4.01. The highest BCUT2D eigenvalue weighted by Gasteiger charge is 2.16. The van der Waals surface area contributed by atoms with E-state index in [4.69, 9.17) is 5.14 Å². The topological polar surface area (TPSA) is 86.2 Å². The minimum absolute atomic E-state index is 0. The van der Waals surface area contributed by atoms with E-state index in [1.54, 1.807) is 6.07 Å². The maximum Gasteiger partial charge on any atom is 0.238 e. The minimum Gasteiger partial charge on any atom is -1.00 e. The molecule has 0 radical (unpaired) electrons. The van der Waals surface area contributed by atoms with Gasteiger partial charge in [0.1, 0.15) is 5.69 Å². The summed E-state index contributed by atoms with van der Waals surface area (Å²) >= 11 is 0. The van der Waals surface area contributed by atoms with Gasteiger partial charge in [-0.3, -0.25) is 0 Å². The van der Waals surface area contributed by atoms with Gasteiger partial charge in [0.15, 0.2) is 5.71 Å². The molecule has 0 unspecified atom stereocenters. The van der Waals surface area contributed by atoms with E-state index in [1.807, 2.05) is 19.9 Å². The second kappa shape index (κ2) is 5.09. The molecule has 0 fully saturated rings. The van der Waals surface area contributed by atoms with Crippen LogP contribution in [0.25, 0.3) is 0 Å². The largest absolute Gasteiger partial charge is 1.00 e. The molecule has 0 saturated heterocycles. The maximum atomic E-state index is 11.3. The van der Waals surface area contributed by atoms with Crippen LogP contribution in [-0.2, 0) is 10.0 Å². The van der Waals surface area contributed by atoms with Crippen LogP contribution in [0.5, 0.6) is 0 Å². The van der Waals surface area contributed by atoms with Gasteiger partial charge in [-0.15, -0.1) is 0 Å². The van der Waals surface area contributed by atoms with Crippen molar-refractivity contribution in [3.8, 4) is 0 Å². The number of allylic oxidation sites excluding steroid dienone is 2. The summed E-state index contributed by atoms with van der Waals surface area (Å²) in [6, 6.07) is 4.70. The Balaban J connectivity index is 0.00000162. The van der Waals surface area contributed by atoms with Crippen molar-refractivity contribution in [2.75, 3.05) is 5.32 Å². The van der Waals surface area contributed by atoms with Crippen molar-refractivity contribution in [3.05, 3.63) is 30.0 Å². The van der Waals surface area contributed by atoms with Gasteiger partial charge in [-0.25, -0.2) is 18.5 Å². The molecule has 5 nitrogen and oxygen atoms in total. The summed E-state index contributed by atoms with van der Waals surface area (Å²) in [6.07, 6.45) is 1.94. The van der Waals surface area contributed by atoms with Crippen LogP contribution in [0.15, 0.2) is 34.9 Å². The average Bonchev–Trinajstić information content (AvgIpc) is 2.31. The molecule has 0 atom stereocenters. The Morgan fingerprint density at radius 2 is 1.94 bits per heavy atom. The van der Waals surface area contributed by atoms with Crippen LogP contribution in [0, 0.1) is 0 Å². The van der Waals surface area contributed by atoms with E-state index in [0.717, 1.165) is 17.1 Å². The quantitative estimate of drug-likeness (QED) is 0.510. The lowest BCUT2D eigenvalue weighted by Gasteiger charge is -2.05. The van der Waals surface area contributed by atoms with Crippen molar-refractivity contribution in [2.45, 2.75) is 18.7 Å². The number of fused-ring (bicyclic) bond motifs is 1. The molecular weight excluding hydrogens is 274 g/mol. The highest BCUT2D eigenvalue weighted by Crippen LogP contribution is 2.23. The van der Waals surface area contributed by atoms with E-state index >= 15 is 0 Å². The fourth-order valence-corrected chi connectivity index (χ4v) is 2.27. The highest BCUT2D eigenvalue weighted by atomic mass is 35.5. The van der Waals surface area contributed by atoms with Crippen molar-refractivity contribution in [2.24, 2.45) is 5.14 Å². The lowest BCUT2D eigenvalue weighted by atomic mass is 10.2. The number of nitrogens with one attached hydrogen (secondary N) is 2. The fourth-order valence-electron chi connectivity index (χ4n) is 1.73. The van der Waals surface area contributed by atoms with Crippen LogP contribution in [0.1, 0.15) is 13.8 Å². The summed E-state index contributed by atoms with van der Waals surface area (Å²) in [7, 11) is -3.67. The summed E-state index contributed by atoms with van der Waals surface area (Å²) in [6.45, 7) is 3.85. The first-order valence-corrected chi connectivity index (χ1v) is 6.63. The number of halogens is 1. The Morgan fingerprint density at radius 3 is 2.56 bits per heavy atom. The van der Waals surface area contributed by atoms with E-state index in [-0.39, 0.29) is 17.3 Å². The van der Waals surface area contributed by atoms with Gasteiger partial charge in [-0.2, -0.15) is 0 Å². The van der Waals surface area contributed by atoms with Crippen LogP contribution in [0.2, 0.25) is 0 Å². The second-order valence-corrected chi connectivity index (χ2v) is 5.57. The summed E-state index contributed by atoms with van der Waals surface area (Å²) in [4.78, 5) is 3.27. The van der Waals surface area contributed by atoms with Crippen molar-refractivity contribution in [3.63, 3.8) is 0 Å². The zero-order chi connectivity index (χ0) is 12.6. The molecule has 0 amide bonds. The Kier molecular flexibility index (Phi) is 4.16. The van der Waals surface area contributed by atoms with Gasteiger partial charge in [0.2, 0.25) is 15.7 Å². The Labute approximate surface area is 112 Å². The third-order valence-electron chi connectivity index (χ3n) is 2.42. The van der Waals surface area contributed by atoms with E-state index in [0.29, 0.717) is 5.69 Å². The van der Waals surface area contributed by atoms with Crippen molar-refractivity contribution in [1.29, 1.82) is 0 Å². The third kappa shape index (κ3) is 3.10. The Bertz CT molecular complexity index is 636. The maximum absolute atomic E-state index is 11.3. The van der Waals surface area contributed by atoms with Crippen LogP contribution < -0.4 is 27.9 Å². The van der Waals surface area contributed by atoms with E-state index in [2.05, 4.69) is 10.3 Å². The SMILES string of the molecule is CC1=CC(C)=[NH+]c2ccc(S(N)(=O)=O)cc2N1.[Cl-]. The van der Waals surface area contributed by atoms with Gasteiger partial charge < -0.3 is 17.7 Å². The normalized spacial score (nSPS) is 14.4. The van der Waals surface area contributed by atoms with E-state index in [9.17, 15) is 8.42 Å². The van der Waals surface area contributed by atoms with Crippen molar-refractivity contribution < 1.29 is 25.8 Å². The molecule has 2 rings (SSSR count). The molecule has 1 aromatic carbocycles. The number of primary sulfonamides is 1. The molecule has 0 spiro atoms. The summed E-state index contributed by atoms with van der Waals surface area (Å²) in [5, 5.41) is 8.22. The number of benzene rings is 1. The Hall–Kier alpha value is -1.37. The first kappa shape index (κ1) is 14.7. The zero-order valence-electron chi connectivity index (χ0n) is 9.99. The molecule has 0 saturated carbocycles. The Morgan fingerprint density at radius 1 is 1.28 bits per heavy atom. The molecule has 98 valence electrons. The third-order valence-corrected chi connectivity index (χ3v) is 3.33. The standard InChI is InChI=1S/C11H13N3O2S.ClH/c1-7-5-8(2)14-11-6-9(17(12,15)16)3-4-10(11)13-7;/h3-6,14H,1-2H3,(H2,12,15,16);1H. The predicted molar refractivity (Wildman–Crippen MR) is 66.5 cm³/mol. The monoisotopic (exact) mass is 287 g/mol.